The minimum absolute atomic E-state index is 0.136. The molecule has 0 spiro atoms. The number of ether oxygens (including phenoxy) is 1. The second kappa shape index (κ2) is 7.03. The maximum Gasteiger partial charge on any atom is 0.271 e. The summed E-state index contributed by atoms with van der Waals surface area (Å²) in [5.41, 5.74) is 0.926. The van der Waals surface area contributed by atoms with Crippen LogP contribution in [0.5, 0.6) is 5.75 Å². The van der Waals surface area contributed by atoms with E-state index in [1.54, 1.807) is 17.5 Å². The van der Waals surface area contributed by atoms with Crippen LogP contribution in [0.15, 0.2) is 38.4 Å². The van der Waals surface area contributed by atoms with Gasteiger partial charge in [0.2, 0.25) is 11.7 Å². The van der Waals surface area contributed by atoms with Crippen LogP contribution in [-0.4, -0.2) is 25.7 Å². The van der Waals surface area contributed by atoms with Gasteiger partial charge in [0, 0.05) is 17.4 Å². The fraction of sp³-hybridized carbons (Fsp3) is 0.200. The molecule has 10 heteroatoms. The smallest absolute Gasteiger partial charge is 0.271 e. The summed E-state index contributed by atoms with van der Waals surface area (Å²) in [4.78, 5) is 4.19. The number of nitrogens with zero attached hydrogens (tertiary/aromatic N) is 2. The van der Waals surface area contributed by atoms with Crippen LogP contribution in [0.1, 0.15) is 12.8 Å². The first-order valence-electron chi connectivity index (χ1n) is 7.21. The quantitative estimate of drug-likeness (QED) is 0.677. The summed E-state index contributed by atoms with van der Waals surface area (Å²) in [6, 6.07) is 6.15. The van der Waals surface area contributed by atoms with Crippen LogP contribution in [0.4, 0.5) is 5.69 Å². The first-order valence-corrected chi connectivity index (χ1v) is 9.95. The molecule has 3 rings (SSSR count). The largest absolute Gasteiger partial charge is 0.495 e. The zero-order valence-corrected chi connectivity index (χ0v) is 15.7. The Bertz CT molecular complexity index is 998. The van der Waals surface area contributed by atoms with Gasteiger partial charge in [-0.3, -0.25) is 4.72 Å². The number of thiophene rings is 1. The third-order valence-corrected chi connectivity index (χ3v) is 6.39. The van der Waals surface area contributed by atoms with E-state index in [9.17, 15) is 8.42 Å². The highest BCUT2D eigenvalue weighted by molar-refractivity contribution is 7.94. The van der Waals surface area contributed by atoms with Crippen molar-refractivity contribution in [3.8, 4) is 17.1 Å². The number of sulfonamides is 1. The fourth-order valence-electron chi connectivity index (χ4n) is 2.03. The summed E-state index contributed by atoms with van der Waals surface area (Å²) in [5, 5.41) is 5.82. The molecule has 0 aliphatic carbocycles. The topological polar surface area (TPSA) is 94.3 Å². The second-order valence-corrected chi connectivity index (χ2v) is 8.20. The molecule has 0 radical (unpaired) electrons. The highest BCUT2D eigenvalue weighted by Crippen LogP contribution is 2.31. The highest BCUT2D eigenvalue weighted by atomic mass is 35.5. The van der Waals surface area contributed by atoms with Crippen LogP contribution >= 0.6 is 22.9 Å². The van der Waals surface area contributed by atoms with Crippen molar-refractivity contribution in [2.45, 2.75) is 17.6 Å². The molecular weight excluding hydrogens is 386 g/mol. The number of aryl methyl sites for hydroxylation is 1. The summed E-state index contributed by atoms with van der Waals surface area (Å²) in [6.45, 7) is 1.89. The lowest BCUT2D eigenvalue weighted by molar-refractivity contribution is 0.383. The number of halogens is 1. The molecule has 2 aromatic heterocycles. The molecule has 0 fully saturated rings. The SMILES string of the molecule is CCc1nc(-c2csc(S(=O)(=O)Nc3ccc(OC)c(Cl)c3)c2)no1. The van der Waals surface area contributed by atoms with Crippen molar-refractivity contribution in [2.24, 2.45) is 0 Å². The summed E-state index contributed by atoms with van der Waals surface area (Å²) in [6.07, 6.45) is 0.613. The molecule has 0 saturated carbocycles. The molecule has 0 atom stereocenters. The molecule has 2 heterocycles. The number of benzene rings is 1. The van der Waals surface area contributed by atoms with Crippen molar-refractivity contribution in [1.29, 1.82) is 0 Å². The molecular formula is C15H14ClN3O4S2. The van der Waals surface area contributed by atoms with Gasteiger partial charge in [0.05, 0.1) is 17.8 Å². The molecule has 0 bridgehead atoms. The summed E-state index contributed by atoms with van der Waals surface area (Å²) in [5.74, 6) is 1.32. The van der Waals surface area contributed by atoms with Gasteiger partial charge in [-0.05, 0) is 24.3 Å². The lowest BCUT2D eigenvalue weighted by atomic mass is 10.3. The van der Waals surface area contributed by atoms with E-state index >= 15 is 0 Å². The van der Waals surface area contributed by atoms with Crippen LogP contribution in [0.25, 0.3) is 11.4 Å². The molecule has 25 heavy (non-hydrogen) atoms. The average Bonchev–Trinajstić information content (AvgIpc) is 3.24. The van der Waals surface area contributed by atoms with E-state index in [0.29, 0.717) is 40.2 Å². The minimum Gasteiger partial charge on any atom is -0.495 e. The van der Waals surface area contributed by atoms with Gasteiger partial charge in [-0.25, -0.2) is 8.42 Å². The molecule has 0 amide bonds. The van der Waals surface area contributed by atoms with Gasteiger partial charge in [0.1, 0.15) is 9.96 Å². The van der Waals surface area contributed by atoms with E-state index in [2.05, 4.69) is 14.9 Å². The van der Waals surface area contributed by atoms with Crippen molar-refractivity contribution in [3.05, 3.63) is 40.6 Å². The second-order valence-electron chi connectivity index (χ2n) is 4.97. The molecule has 7 nitrogen and oxygen atoms in total. The minimum atomic E-state index is -3.75. The van der Waals surface area contributed by atoms with Crippen molar-refractivity contribution in [2.75, 3.05) is 11.8 Å². The number of nitrogens with one attached hydrogen (secondary N) is 1. The van der Waals surface area contributed by atoms with Gasteiger partial charge in [-0.2, -0.15) is 4.98 Å². The molecule has 0 saturated heterocycles. The van der Waals surface area contributed by atoms with E-state index < -0.39 is 10.0 Å². The number of hydrogen-bond acceptors (Lipinski definition) is 7. The van der Waals surface area contributed by atoms with Crippen molar-refractivity contribution in [3.63, 3.8) is 0 Å². The lowest BCUT2D eigenvalue weighted by Gasteiger charge is -2.08. The Balaban J connectivity index is 1.84. The monoisotopic (exact) mass is 399 g/mol. The van der Waals surface area contributed by atoms with Crippen LogP contribution in [0.2, 0.25) is 5.02 Å². The summed E-state index contributed by atoms with van der Waals surface area (Å²) < 4.78 is 37.8. The Morgan fingerprint density at radius 1 is 1.36 bits per heavy atom. The summed E-state index contributed by atoms with van der Waals surface area (Å²) >= 11 is 7.09. The fourth-order valence-corrected chi connectivity index (χ4v) is 4.49. The average molecular weight is 400 g/mol. The van der Waals surface area contributed by atoms with Crippen LogP contribution in [0.3, 0.4) is 0 Å². The Labute approximate surface area is 153 Å². The number of hydrogen-bond donors (Lipinski definition) is 1. The third-order valence-electron chi connectivity index (χ3n) is 3.27. The molecule has 1 aromatic carbocycles. The van der Waals surface area contributed by atoms with Crippen LogP contribution < -0.4 is 9.46 Å². The molecule has 132 valence electrons. The van der Waals surface area contributed by atoms with Crippen molar-refractivity contribution in [1.82, 2.24) is 10.1 Å². The van der Waals surface area contributed by atoms with E-state index in [4.69, 9.17) is 20.9 Å². The summed E-state index contributed by atoms with van der Waals surface area (Å²) in [7, 11) is -2.27. The van der Waals surface area contributed by atoms with Gasteiger partial charge < -0.3 is 9.26 Å². The van der Waals surface area contributed by atoms with Gasteiger partial charge in [-0.1, -0.05) is 23.7 Å². The molecule has 0 unspecified atom stereocenters. The Hall–Kier alpha value is -2.10. The van der Waals surface area contributed by atoms with E-state index in [1.807, 2.05) is 6.92 Å². The maximum absolute atomic E-state index is 12.5. The molecule has 3 aromatic rings. The molecule has 1 N–H and O–H groups in total. The Morgan fingerprint density at radius 2 is 2.16 bits per heavy atom. The van der Waals surface area contributed by atoms with Gasteiger partial charge in [0.15, 0.2) is 0 Å². The standard InChI is InChI=1S/C15H14ClN3O4S2/c1-3-13-17-15(18-23-13)9-6-14(24-8-9)25(20,21)19-10-4-5-12(22-2)11(16)7-10/h4-8,19H,3H2,1-2H3. The number of methoxy groups -OCH3 is 1. The number of anilines is 1. The first-order chi connectivity index (χ1) is 11.9. The zero-order chi connectivity index (χ0) is 18.0. The number of aromatic nitrogens is 2. The molecule has 0 aliphatic rings. The predicted molar refractivity (Wildman–Crippen MR) is 95.8 cm³/mol. The van der Waals surface area contributed by atoms with E-state index in [-0.39, 0.29) is 4.21 Å². The normalized spacial score (nSPS) is 11.5. The van der Waals surface area contributed by atoms with Gasteiger partial charge >= 0.3 is 0 Å². The van der Waals surface area contributed by atoms with Crippen LogP contribution in [0, 0.1) is 0 Å². The third kappa shape index (κ3) is 3.78. The number of rotatable bonds is 6. The predicted octanol–water partition coefficient (Wildman–Crippen LogP) is 3.82. The maximum atomic E-state index is 12.5. The van der Waals surface area contributed by atoms with E-state index in [1.165, 1.54) is 19.2 Å². The van der Waals surface area contributed by atoms with Gasteiger partial charge in [0.25, 0.3) is 10.0 Å². The van der Waals surface area contributed by atoms with Crippen molar-refractivity contribution >= 4 is 38.6 Å². The van der Waals surface area contributed by atoms with Gasteiger partial charge in [-0.15, -0.1) is 11.3 Å². The zero-order valence-electron chi connectivity index (χ0n) is 13.3. The Morgan fingerprint density at radius 3 is 2.80 bits per heavy atom. The lowest BCUT2D eigenvalue weighted by Crippen LogP contribution is -2.11. The highest BCUT2D eigenvalue weighted by Gasteiger charge is 2.20. The van der Waals surface area contributed by atoms with Crippen LogP contribution in [-0.2, 0) is 16.4 Å². The molecule has 0 aliphatic heterocycles. The van der Waals surface area contributed by atoms with Crippen molar-refractivity contribution < 1.29 is 17.7 Å². The first kappa shape index (κ1) is 17.7. The Kier molecular flexibility index (Phi) is 4.98. The van der Waals surface area contributed by atoms with E-state index in [0.717, 1.165) is 11.3 Å².